The second-order valence-corrected chi connectivity index (χ2v) is 17.9. The van der Waals surface area contributed by atoms with Crippen molar-refractivity contribution < 1.29 is 14.3 Å². The van der Waals surface area contributed by atoms with Gasteiger partial charge in [-0.3, -0.25) is 19.2 Å². The Hall–Kier alpha value is -3.34. The van der Waals surface area contributed by atoms with Crippen molar-refractivity contribution in [3.63, 3.8) is 0 Å². The zero-order valence-electron chi connectivity index (χ0n) is 28.7. The Balaban J connectivity index is 1.11. The van der Waals surface area contributed by atoms with Gasteiger partial charge in [0.2, 0.25) is 5.91 Å². The molecule has 2 amide bonds. The molecule has 8 nitrogen and oxygen atoms in total. The van der Waals surface area contributed by atoms with Crippen LogP contribution in [0.5, 0.6) is 5.75 Å². The maximum atomic E-state index is 15.0. The van der Waals surface area contributed by atoms with Crippen molar-refractivity contribution in [3.8, 4) is 17.0 Å². The summed E-state index contributed by atoms with van der Waals surface area (Å²) in [5.74, 6) is 1.69. The number of fused-ring (bicyclic) bond motifs is 7. The summed E-state index contributed by atoms with van der Waals surface area (Å²) < 4.78 is 12.4. The zero-order chi connectivity index (χ0) is 33.4. The van der Waals surface area contributed by atoms with Gasteiger partial charge in [0, 0.05) is 53.0 Å². The fourth-order valence-corrected chi connectivity index (χ4v) is 12.5. The molecule has 49 heavy (non-hydrogen) atoms. The van der Waals surface area contributed by atoms with Crippen LogP contribution in [-0.2, 0) is 11.3 Å². The molecule has 0 radical (unpaired) electrons. The molecule has 6 aliphatic rings. The number of benzene rings is 2. The smallest absolute Gasteiger partial charge is 0.261 e. The molecule has 5 atom stereocenters. The lowest BCUT2D eigenvalue weighted by molar-refractivity contribution is -0.278. The fourth-order valence-electron chi connectivity index (χ4n) is 10.7. The molecule has 10 rings (SSSR count). The van der Waals surface area contributed by atoms with E-state index in [1.807, 2.05) is 19.9 Å². The van der Waals surface area contributed by atoms with Gasteiger partial charge in [0.1, 0.15) is 9.96 Å². The number of piperazine rings is 1. The van der Waals surface area contributed by atoms with E-state index >= 15 is 4.79 Å². The first kappa shape index (κ1) is 30.5. The molecule has 3 aliphatic heterocycles. The summed E-state index contributed by atoms with van der Waals surface area (Å²) in [5, 5.41) is 2.22. The number of carbonyl (C=O) groups excluding carboxylic acids is 2. The highest BCUT2D eigenvalue weighted by Gasteiger charge is 2.78. The summed E-state index contributed by atoms with van der Waals surface area (Å²) in [6.07, 6.45) is 9.27. The third kappa shape index (κ3) is 4.05. The number of methoxy groups -OCH3 is 1. The molecule has 254 valence electrons. The van der Waals surface area contributed by atoms with E-state index in [1.54, 1.807) is 18.4 Å². The lowest BCUT2D eigenvalue weighted by atomic mass is 9.52. The summed E-state index contributed by atoms with van der Waals surface area (Å²) in [4.78, 5) is 38.0. The highest BCUT2D eigenvalue weighted by Crippen LogP contribution is 2.69. The Morgan fingerprint density at radius 2 is 1.90 bits per heavy atom. The molecule has 5 unspecified atom stereocenters. The number of piperidine rings is 1. The van der Waals surface area contributed by atoms with Gasteiger partial charge in [-0.1, -0.05) is 25.3 Å². The van der Waals surface area contributed by atoms with Crippen molar-refractivity contribution in [2.75, 3.05) is 20.7 Å². The van der Waals surface area contributed by atoms with Gasteiger partial charge in [-0.15, -0.1) is 11.3 Å². The number of aromatic nitrogens is 2. The van der Waals surface area contributed by atoms with Crippen molar-refractivity contribution in [3.05, 3.63) is 63.8 Å². The molecule has 3 aliphatic carbocycles. The van der Waals surface area contributed by atoms with Gasteiger partial charge in [-0.25, -0.2) is 4.98 Å². The number of nitrogens with zero attached hydrogens (tertiary/aromatic N) is 4. The van der Waals surface area contributed by atoms with Crippen LogP contribution in [0.2, 0.25) is 0 Å². The minimum Gasteiger partial charge on any atom is -0.497 e. The van der Waals surface area contributed by atoms with Gasteiger partial charge in [0.25, 0.3) is 5.91 Å². The minimum atomic E-state index is -0.492. The molecule has 5 heterocycles. The third-order valence-electron chi connectivity index (χ3n) is 13.3. The van der Waals surface area contributed by atoms with Gasteiger partial charge >= 0.3 is 0 Å². The number of nitrogens with one attached hydrogen (secondary N) is 1. The van der Waals surface area contributed by atoms with Gasteiger partial charge < -0.3 is 14.2 Å². The molecule has 2 saturated heterocycles. The van der Waals surface area contributed by atoms with E-state index in [9.17, 15) is 4.79 Å². The van der Waals surface area contributed by atoms with Crippen molar-refractivity contribution in [1.29, 1.82) is 0 Å². The molecule has 1 N–H and O–H groups in total. The van der Waals surface area contributed by atoms with E-state index in [1.165, 1.54) is 78.2 Å². The number of carbonyl (C=O) groups is 2. The predicted molar refractivity (Wildman–Crippen MR) is 193 cm³/mol. The number of aryl methyl sites for hydroxylation is 2. The van der Waals surface area contributed by atoms with Crippen LogP contribution in [0.15, 0.2) is 40.6 Å². The maximum absolute atomic E-state index is 15.0. The van der Waals surface area contributed by atoms with Crippen LogP contribution in [0, 0.1) is 19.3 Å². The highest BCUT2D eigenvalue weighted by atomic mass is 32.2. The van der Waals surface area contributed by atoms with Crippen molar-refractivity contribution >= 4 is 46.0 Å². The Bertz CT molecular complexity index is 2070. The molecular formula is C39H43N5O3S2. The minimum absolute atomic E-state index is 0.114. The standard InChI is InChI=1S/C39H43N5O3S2/c1-21-36(48-22(2)40-21)49-41-35(45)24-10-12-27-30(16-24)43-20-38(37(46)44-31-14-15-39(31)32(44)19-42(39)3)18-29(38)28-17-25(47-4)11-13-26(28)34(43)33(27)23-8-6-5-7-9-23/h10-13,16-17,23,29,31-32H,5-9,14-15,18-20H2,1-4H3,(H,41,45). The lowest BCUT2D eigenvalue weighted by Crippen LogP contribution is -2.96. The quantitative estimate of drug-likeness (QED) is 0.212. The Morgan fingerprint density at radius 1 is 1.06 bits per heavy atom. The van der Waals surface area contributed by atoms with Crippen LogP contribution in [-0.4, -0.2) is 69.5 Å². The molecule has 1 spiro atoms. The monoisotopic (exact) mass is 693 g/mol. The Kier molecular flexibility index (Phi) is 6.59. The zero-order valence-corrected chi connectivity index (χ0v) is 30.3. The number of hydrogen-bond acceptors (Lipinski definition) is 7. The summed E-state index contributed by atoms with van der Waals surface area (Å²) >= 11 is 2.95. The summed E-state index contributed by atoms with van der Waals surface area (Å²) in [5.41, 5.74) is 7.55. The number of hydrogen-bond donors (Lipinski definition) is 1. The van der Waals surface area contributed by atoms with Gasteiger partial charge in [-0.05, 0) is 100 Å². The topological polar surface area (TPSA) is 79.7 Å². The van der Waals surface area contributed by atoms with E-state index in [2.05, 4.69) is 61.5 Å². The van der Waals surface area contributed by atoms with E-state index in [0.717, 1.165) is 45.6 Å². The van der Waals surface area contributed by atoms with Crippen LogP contribution in [0.3, 0.4) is 0 Å². The van der Waals surface area contributed by atoms with E-state index in [-0.39, 0.29) is 17.4 Å². The van der Waals surface area contributed by atoms with Crippen molar-refractivity contribution in [2.45, 2.75) is 105 Å². The van der Waals surface area contributed by atoms with Crippen LogP contribution in [0.25, 0.3) is 22.2 Å². The second kappa shape index (κ2) is 10.6. The molecule has 3 saturated carbocycles. The fraction of sp³-hybridized carbons (Fsp3) is 0.513. The first-order valence-corrected chi connectivity index (χ1v) is 19.7. The number of likely N-dealkylation sites (N-methyl/N-ethyl adjacent to an activating group) is 1. The van der Waals surface area contributed by atoms with Crippen molar-refractivity contribution in [1.82, 2.24) is 24.1 Å². The molecule has 5 fully saturated rings. The van der Waals surface area contributed by atoms with Crippen LogP contribution in [0.1, 0.15) is 95.4 Å². The summed E-state index contributed by atoms with van der Waals surface area (Å²) in [6, 6.07) is 13.5. The number of rotatable bonds is 6. The maximum Gasteiger partial charge on any atom is 0.261 e. The highest BCUT2D eigenvalue weighted by molar-refractivity contribution is 7.99. The first-order valence-electron chi connectivity index (χ1n) is 18.0. The van der Waals surface area contributed by atoms with Crippen molar-refractivity contribution in [2.24, 2.45) is 5.41 Å². The largest absolute Gasteiger partial charge is 0.497 e. The third-order valence-corrected chi connectivity index (χ3v) is 15.5. The first-order chi connectivity index (χ1) is 23.7. The van der Waals surface area contributed by atoms with Gasteiger partial charge in [0.15, 0.2) is 0 Å². The lowest BCUT2D eigenvalue weighted by Gasteiger charge is -2.80. The van der Waals surface area contributed by atoms with E-state index in [4.69, 9.17) is 4.74 Å². The normalized spacial score (nSPS) is 29.6. The van der Waals surface area contributed by atoms with Crippen LogP contribution >= 0.6 is 23.3 Å². The number of ether oxygens (including phenoxy) is 1. The SMILES string of the molecule is COc1ccc2c(c1)C1CC1(C(=O)N1C3CCC34C1CN4C)Cn1c-2c(C2CCCCC2)c2ccc(C(=O)NSc3sc(C)nc3C)cc21. The van der Waals surface area contributed by atoms with E-state index in [0.29, 0.717) is 36.0 Å². The molecule has 4 aromatic rings. The second-order valence-electron chi connectivity index (χ2n) is 15.6. The molecule has 0 bridgehead atoms. The average Bonchev–Trinajstić information content (AvgIpc) is 3.65. The summed E-state index contributed by atoms with van der Waals surface area (Å²) in [6.45, 7) is 5.60. The number of thiazole rings is 1. The van der Waals surface area contributed by atoms with Gasteiger partial charge in [-0.2, -0.15) is 0 Å². The average molecular weight is 694 g/mol. The Morgan fingerprint density at radius 3 is 2.59 bits per heavy atom. The number of amides is 2. The molecule has 10 heteroatoms. The van der Waals surface area contributed by atoms with E-state index < -0.39 is 5.41 Å². The number of likely N-dealkylation sites (tertiary alicyclic amines) is 2. The Labute approximate surface area is 295 Å². The van der Waals surface area contributed by atoms with Gasteiger partial charge in [0.05, 0.1) is 46.5 Å². The van der Waals surface area contributed by atoms with Crippen LogP contribution < -0.4 is 9.46 Å². The molecule has 2 aromatic heterocycles. The predicted octanol–water partition coefficient (Wildman–Crippen LogP) is 7.42. The summed E-state index contributed by atoms with van der Waals surface area (Å²) in [7, 11) is 3.97. The molecule has 2 aromatic carbocycles. The molecular weight excluding hydrogens is 651 g/mol. The van der Waals surface area contributed by atoms with Crippen LogP contribution in [0.4, 0.5) is 0 Å².